The number of hydrogen-bond donors (Lipinski definition) is 0. The normalized spacial score (nSPS) is 21.5. The second-order valence-corrected chi connectivity index (χ2v) is 8.62. The van der Waals surface area contributed by atoms with Crippen molar-refractivity contribution >= 4 is 0 Å². The van der Waals surface area contributed by atoms with Gasteiger partial charge in [-0.2, -0.15) is 0 Å². The quantitative estimate of drug-likeness (QED) is 0.819. The first-order valence-corrected chi connectivity index (χ1v) is 10.3. The van der Waals surface area contributed by atoms with E-state index in [-0.39, 0.29) is 0 Å². The Hall–Kier alpha value is -0.940. The first-order valence-electron chi connectivity index (χ1n) is 10.3. The van der Waals surface area contributed by atoms with Crippen LogP contribution in [0.15, 0.2) is 0 Å². The highest BCUT2D eigenvalue weighted by Gasteiger charge is 2.21. The van der Waals surface area contributed by atoms with Crippen molar-refractivity contribution in [3.63, 3.8) is 0 Å². The molecule has 1 aromatic rings. The van der Waals surface area contributed by atoms with Crippen LogP contribution in [0.5, 0.6) is 0 Å². The monoisotopic (exact) mass is 358 g/mol. The fourth-order valence-electron chi connectivity index (χ4n) is 4.40. The molecule has 3 rings (SSSR count). The first kappa shape index (κ1) is 19.8. The van der Waals surface area contributed by atoms with Crippen LogP contribution in [0, 0.1) is 27.7 Å². The Morgan fingerprint density at radius 3 is 1.04 bits per heavy atom. The molecule has 1 aromatic carbocycles. The number of likely N-dealkylation sites (N-methyl/N-ethyl adjacent to an activating group) is 2. The zero-order valence-electron chi connectivity index (χ0n) is 17.9. The second kappa shape index (κ2) is 8.39. The average Bonchev–Trinajstić information content (AvgIpc) is 2.64. The van der Waals surface area contributed by atoms with E-state index in [1.54, 1.807) is 11.1 Å². The molecule has 2 saturated heterocycles. The fourth-order valence-corrected chi connectivity index (χ4v) is 4.40. The van der Waals surface area contributed by atoms with Gasteiger partial charge in [-0.05, 0) is 75.2 Å². The van der Waals surface area contributed by atoms with E-state index in [4.69, 9.17) is 0 Å². The minimum atomic E-state index is 1.11. The molecule has 0 saturated carbocycles. The van der Waals surface area contributed by atoms with Gasteiger partial charge in [-0.25, -0.2) is 0 Å². The lowest BCUT2D eigenvalue weighted by molar-refractivity contribution is 0.146. The van der Waals surface area contributed by atoms with E-state index in [9.17, 15) is 0 Å². The molecular formula is C22H38N4. The van der Waals surface area contributed by atoms with Gasteiger partial charge in [-0.15, -0.1) is 0 Å². The minimum absolute atomic E-state index is 1.11. The lowest BCUT2D eigenvalue weighted by Gasteiger charge is -2.35. The lowest BCUT2D eigenvalue weighted by Crippen LogP contribution is -2.44. The topological polar surface area (TPSA) is 13.0 Å². The van der Waals surface area contributed by atoms with Crippen molar-refractivity contribution in [1.82, 2.24) is 19.6 Å². The van der Waals surface area contributed by atoms with Crippen molar-refractivity contribution in [2.75, 3.05) is 66.5 Å². The molecule has 2 aliphatic heterocycles. The number of nitrogens with zero attached hydrogens (tertiary/aromatic N) is 4. The Kier molecular flexibility index (Phi) is 6.39. The van der Waals surface area contributed by atoms with Crippen LogP contribution >= 0.6 is 0 Å². The molecule has 2 fully saturated rings. The minimum Gasteiger partial charge on any atom is -0.304 e. The van der Waals surface area contributed by atoms with Crippen LogP contribution in [0.2, 0.25) is 0 Å². The van der Waals surface area contributed by atoms with E-state index in [0.717, 1.165) is 13.1 Å². The molecule has 146 valence electrons. The summed E-state index contributed by atoms with van der Waals surface area (Å²) in [7, 11) is 4.46. The van der Waals surface area contributed by atoms with Crippen LogP contribution in [0.1, 0.15) is 33.4 Å². The molecule has 0 atom stereocenters. The summed E-state index contributed by atoms with van der Waals surface area (Å²) in [6.07, 6.45) is 0. The molecule has 4 heteroatoms. The summed E-state index contributed by atoms with van der Waals surface area (Å²) in [5.74, 6) is 0. The molecule has 4 nitrogen and oxygen atoms in total. The van der Waals surface area contributed by atoms with Gasteiger partial charge in [-0.1, -0.05) is 0 Å². The fraction of sp³-hybridized carbons (Fsp3) is 0.727. The first-order chi connectivity index (χ1) is 12.4. The molecule has 0 bridgehead atoms. The molecule has 0 aliphatic carbocycles. The SMILES string of the molecule is Cc1c(C)c(CN2CCN(C)CC2)c(C)c(C)c1CN1CCN(C)CC1. The third kappa shape index (κ3) is 4.30. The molecule has 0 spiro atoms. The van der Waals surface area contributed by atoms with E-state index in [1.807, 2.05) is 0 Å². The molecule has 0 unspecified atom stereocenters. The highest BCUT2D eigenvalue weighted by Crippen LogP contribution is 2.29. The van der Waals surface area contributed by atoms with Crippen LogP contribution in [0.4, 0.5) is 0 Å². The summed E-state index contributed by atoms with van der Waals surface area (Å²) in [5, 5.41) is 0. The van der Waals surface area contributed by atoms with E-state index < -0.39 is 0 Å². The molecular weight excluding hydrogens is 320 g/mol. The number of benzene rings is 1. The maximum atomic E-state index is 2.63. The van der Waals surface area contributed by atoms with Crippen molar-refractivity contribution in [3.8, 4) is 0 Å². The number of piperazine rings is 2. The van der Waals surface area contributed by atoms with Crippen LogP contribution in [0.3, 0.4) is 0 Å². The van der Waals surface area contributed by atoms with Gasteiger partial charge < -0.3 is 9.80 Å². The third-order valence-corrected chi connectivity index (χ3v) is 6.89. The summed E-state index contributed by atoms with van der Waals surface area (Å²) in [6.45, 7) is 21.1. The molecule has 0 aromatic heterocycles. The van der Waals surface area contributed by atoms with Crippen LogP contribution in [-0.4, -0.2) is 86.1 Å². The molecule has 0 radical (unpaired) electrons. The van der Waals surface area contributed by atoms with Crippen LogP contribution in [0.25, 0.3) is 0 Å². The smallest absolute Gasteiger partial charge is 0.0240 e. The Labute approximate surface area is 160 Å². The van der Waals surface area contributed by atoms with Gasteiger partial charge in [0.25, 0.3) is 0 Å². The maximum Gasteiger partial charge on any atom is 0.0240 e. The molecule has 2 heterocycles. The Morgan fingerprint density at radius 1 is 0.500 bits per heavy atom. The van der Waals surface area contributed by atoms with E-state index >= 15 is 0 Å². The van der Waals surface area contributed by atoms with Crippen molar-refractivity contribution in [1.29, 1.82) is 0 Å². The highest BCUT2D eigenvalue weighted by atomic mass is 15.2. The van der Waals surface area contributed by atoms with E-state index in [0.29, 0.717) is 0 Å². The van der Waals surface area contributed by atoms with Crippen LogP contribution in [-0.2, 0) is 13.1 Å². The van der Waals surface area contributed by atoms with Crippen molar-refractivity contribution < 1.29 is 0 Å². The van der Waals surface area contributed by atoms with Crippen molar-refractivity contribution in [3.05, 3.63) is 33.4 Å². The van der Waals surface area contributed by atoms with Gasteiger partial charge in [-0.3, -0.25) is 9.80 Å². The highest BCUT2D eigenvalue weighted by molar-refractivity contribution is 5.50. The number of hydrogen-bond acceptors (Lipinski definition) is 4. The Balaban J connectivity index is 1.78. The van der Waals surface area contributed by atoms with Crippen molar-refractivity contribution in [2.24, 2.45) is 0 Å². The zero-order valence-corrected chi connectivity index (χ0v) is 17.9. The summed E-state index contributed by atoms with van der Waals surface area (Å²) in [6, 6.07) is 0. The van der Waals surface area contributed by atoms with Gasteiger partial charge in [0.15, 0.2) is 0 Å². The molecule has 2 aliphatic rings. The molecule has 0 amide bonds. The summed E-state index contributed by atoms with van der Waals surface area (Å²) in [5.41, 5.74) is 9.25. The van der Waals surface area contributed by atoms with Gasteiger partial charge in [0, 0.05) is 65.4 Å². The standard InChI is InChI=1S/C22H38N4/c1-17-18(2)22(16-26-13-9-24(6)10-14-26)20(4)19(3)21(17)15-25-11-7-23(5)8-12-25/h7-16H2,1-6H3. The average molecular weight is 359 g/mol. The maximum absolute atomic E-state index is 2.63. The van der Waals surface area contributed by atoms with Gasteiger partial charge in [0.2, 0.25) is 0 Å². The number of rotatable bonds is 4. The largest absolute Gasteiger partial charge is 0.304 e. The zero-order chi connectivity index (χ0) is 18.8. The van der Waals surface area contributed by atoms with E-state index in [2.05, 4.69) is 61.4 Å². The Morgan fingerprint density at radius 2 is 0.769 bits per heavy atom. The van der Waals surface area contributed by atoms with Crippen molar-refractivity contribution in [2.45, 2.75) is 40.8 Å². The summed E-state index contributed by atoms with van der Waals surface area (Å²) in [4.78, 5) is 10.1. The van der Waals surface area contributed by atoms with Crippen LogP contribution < -0.4 is 0 Å². The third-order valence-electron chi connectivity index (χ3n) is 6.89. The lowest BCUT2D eigenvalue weighted by atomic mass is 9.88. The summed E-state index contributed by atoms with van der Waals surface area (Å²) >= 11 is 0. The molecule has 26 heavy (non-hydrogen) atoms. The predicted octanol–water partition coefficient (Wildman–Crippen LogP) is 2.42. The summed E-state index contributed by atoms with van der Waals surface area (Å²) < 4.78 is 0. The Bertz CT molecular complexity index is 540. The second-order valence-electron chi connectivity index (χ2n) is 8.62. The van der Waals surface area contributed by atoms with E-state index in [1.165, 1.54) is 74.6 Å². The molecule has 0 N–H and O–H groups in total. The van der Waals surface area contributed by atoms with Gasteiger partial charge >= 0.3 is 0 Å². The predicted molar refractivity (Wildman–Crippen MR) is 111 cm³/mol. The van der Waals surface area contributed by atoms with Gasteiger partial charge in [0.05, 0.1) is 0 Å². The van der Waals surface area contributed by atoms with Gasteiger partial charge in [0.1, 0.15) is 0 Å².